The van der Waals surface area contributed by atoms with Gasteiger partial charge in [-0.25, -0.2) is 0 Å². The molecule has 0 aromatic heterocycles. The fourth-order valence-electron chi connectivity index (χ4n) is 1.95. The van der Waals surface area contributed by atoms with Gasteiger partial charge in [-0.1, -0.05) is 0 Å². The van der Waals surface area contributed by atoms with Crippen LogP contribution in [0.1, 0.15) is 12.8 Å². The maximum atomic E-state index is 11.9. The van der Waals surface area contributed by atoms with Crippen molar-refractivity contribution in [1.29, 1.82) is 0 Å². The summed E-state index contributed by atoms with van der Waals surface area (Å²) in [6, 6.07) is 0. The summed E-state index contributed by atoms with van der Waals surface area (Å²) in [7, 11) is 2.04. The molecule has 1 aliphatic heterocycles. The van der Waals surface area contributed by atoms with E-state index in [0.29, 0.717) is 6.54 Å². The Bertz CT molecular complexity index is 220. The Morgan fingerprint density at radius 1 is 1.35 bits per heavy atom. The highest BCUT2D eigenvalue weighted by Crippen LogP contribution is 2.01. The molecule has 17 heavy (non-hydrogen) atoms. The highest BCUT2D eigenvalue weighted by Gasteiger charge is 2.17. The number of nitrogens with zero attached hydrogens (tertiary/aromatic N) is 2. The first-order valence-corrected chi connectivity index (χ1v) is 7.79. The maximum Gasteiger partial charge on any atom is 0.236 e. The molecule has 0 aromatic rings. The quantitative estimate of drug-likeness (QED) is 0.675. The molecule has 5 heteroatoms. The first-order chi connectivity index (χ1) is 8.24. The molecule has 0 unspecified atom stereocenters. The van der Waals surface area contributed by atoms with E-state index in [9.17, 15) is 4.79 Å². The van der Waals surface area contributed by atoms with Gasteiger partial charge in [0.15, 0.2) is 0 Å². The highest BCUT2D eigenvalue weighted by atomic mass is 32.2. The van der Waals surface area contributed by atoms with Crippen LogP contribution in [0.25, 0.3) is 0 Å². The largest absolute Gasteiger partial charge is 0.339 e. The van der Waals surface area contributed by atoms with Crippen molar-refractivity contribution in [1.82, 2.24) is 15.1 Å². The topological polar surface area (TPSA) is 35.6 Å². The lowest BCUT2D eigenvalue weighted by atomic mass is 10.3. The SMILES string of the molecule is CSCCCCN(C)CC(=O)N1CCNCC1. The Kier molecular flexibility index (Phi) is 7.64. The summed E-state index contributed by atoms with van der Waals surface area (Å²) in [5, 5.41) is 3.26. The van der Waals surface area contributed by atoms with Crippen molar-refractivity contribution < 1.29 is 4.79 Å². The number of rotatable bonds is 7. The van der Waals surface area contributed by atoms with E-state index in [-0.39, 0.29) is 5.91 Å². The molecule has 1 rings (SSSR count). The summed E-state index contributed by atoms with van der Waals surface area (Å²) in [4.78, 5) is 16.1. The lowest BCUT2D eigenvalue weighted by molar-refractivity contribution is -0.132. The summed E-state index contributed by atoms with van der Waals surface area (Å²) in [6.07, 6.45) is 4.57. The van der Waals surface area contributed by atoms with Gasteiger partial charge in [0.1, 0.15) is 0 Å². The third-order valence-corrected chi connectivity index (χ3v) is 3.71. The molecule has 0 aromatic carbocycles. The number of hydrogen-bond donors (Lipinski definition) is 1. The fourth-order valence-corrected chi connectivity index (χ4v) is 2.45. The first-order valence-electron chi connectivity index (χ1n) is 6.40. The van der Waals surface area contributed by atoms with Gasteiger partial charge >= 0.3 is 0 Å². The van der Waals surface area contributed by atoms with Crippen molar-refractivity contribution in [2.75, 3.05) is 58.3 Å². The Morgan fingerprint density at radius 3 is 2.71 bits per heavy atom. The Hall–Kier alpha value is -0.260. The van der Waals surface area contributed by atoms with Gasteiger partial charge in [0.05, 0.1) is 6.54 Å². The van der Waals surface area contributed by atoms with Crippen molar-refractivity contribution in [2.45, 2.75) is 12.8 Å². The lowest BCUT2D eigenvalue weighted by Crippen LogP contribution is -2.49. The molecule has 1 saturated heterocycles. The van der Waals surface area contributed by atoms with Crippen molar-refractivity contribution in [3.05, 3.63) is 0 Å². The summed E-state index contributed by atoms with van der Waals surface area (Å²) in [5.74, 6) is 1.50. The van der Waals surface area contributed by atoms with Crippen molar-refractivity contribution in [3.63, 3.8) is 0 Å². The molecule has 1 fully saturated rings. The van der Waals surface area contributed by atoms with Crippen molar-refractivity contribution >= 4 is 17.7 Å². The molecule has 0 atom stereocenters. The van der Waals surface area contributed by atoms with Crippen LogP contribution < -0.4 is 5.32 Å². The van der Waals surface area contributed by atoms with Crippen LogP contribution in [0.3, 0.4) is 0 Å². The summed E-state index contributed by atoms with van der Waals surface area (Å²) in [6.45, 7) is 5.18. The van der Waals surface area contributed by atoms with E-state index in [2.05, 4.69) is 16.5 Å². The van der Waals surface area contributed by atoms with Crippen LogP contribution in [0.15, 0.2) is 0 Å². The second-order valence-electron chi connectivity index (χ2n) is 4.57. The number of hydrogen-bond acceptors (Lipinski definition) is 4. The predicted octanol–water partition coefficient (Wildman–Crippen LogP) is 0.493. The van der Waals surface area contributed by atoms with E-state index in [0.717, 1.165) is 32.7 Å². The molecule has 0 spiro atoms. The second-order valence-corrected chi connectivity index (χ2v) is 5.55. The minimum Gasteiger partial charge on any atom is -0.339 e. The Balaban J connectivity index is 2.11. The molecule has 1 amide bonds. The van der Waals surface area contributed by atoms with Crippen molar-refractivity contribution in [3.8, 4) is 0 Å². The second kappa shape index (κ2) is 8.78. The molecule has 100 valence electrons. The normalized spacial score (nSPS) is 16.5. The van der Waals surface area contributed by atoms with Gasteiger partial charge in [0.25, 0.3) is 0 Å². The van der Waals surface area contributed by atoms with E-state index < -0.39 is 0 Å². The number of nitrogens with one attached hydrogen (secondary N) is 1. The average molecular weight is 259 g/mol. The van der Waals surface area contributed by atoms with Crippen LogP contribution in [0.4, 0.5) is 0 Å². The number of carbonyl (C=O) groups is 1. The van der Waals surface area contributed by atoms with Gasteiger partial charge < -0.3 is 10.2 Å². The minimum absolute atomic E-state index is 0.277. The zero-order chi connectivity index (χ0) is 12.5. The van der Waals surface area contributed by atoms with Crippen molar-refractivity contribution in [2.24, 2.45) is 0 Å². The zero-order valence-electron chi connectivity index (χ0n) is 11.1. The Labute approximate surface area is 109 Å². The fraction of sp³-hybridized carbons (Fsp3) is 0.917. The minimum atomic E-state index is 0.277. The smallest absolute Gasteiger partial charge is 0.236 e. The summed E-state index contributed by atoms with van der Waals surface area (Å²) in [5.41, 5.74) is 0. The maximum absolute atomic E-state index is 11.9. The number of unbranched alkanes of at least 4 members (excludes halogenated alkanes) is 1. The number of likely N-dealkylation sites (N-methyl/N-ethyl adjacent to an activating group) is 1. The van der Waals surface area contributed by atoms with Crippen LogP contribution in [-0.2, 0) is 4.79 Å². The number of piperazine rings is 1. The standard InChI is InChI=1S/C12H25N3OS/c1-14(7-3-4-10-17-2)11-12(16)15-8-5-13-6-9-15/h13H,3-11H2,1-2H3. The molecule has 0 saturated carbocycles. The van der Waals surface area contributed by atoms with Gasteiger partial charge in [-0.05, 0) is 38.4 Å². The summed E-state index contributed by atoms with van der Waals surface area (Å²) >= 11 is 1.89. The van der Waals surface area contributed by atoms with Crippen LogP contribution >= 0.6 is 11.8 Å². The predicted molar refractivity (Wildman–Crippen MR) is 74.6 cm³/mol. The molecule has 1 aliphatic rings. The van der Waals surface area contributed by atoms with Crippen LogP contribution in [-0.4, -0.2) is 74.0 Å². The molecule has 0 radical (unpaired) electrons. The van der Waals surface area contributed by atoms with Gasteiger partial charge in [0.2, 0.25) is 5.91 Å². The third kappa shape index (κ3) is 6.29. The molecule has 0 bridgehead atoms. The van der Waals surface area contributed by atoms with Gasteiger partial charge in [-0.2, -0.15) is 11.8 Å². The zero-order valence-corrected chi connectivity index (χ0v) is 11.9. The Morgan fingerprint density at radius 2 is 2.06 bits per heavy atom. The number of amides is 1. The van der Waals surface area contributed by atoms with Gasteiger partial charge in [-0.3, -0.25) is 9.69 Å². The average Bonchev–Trinajstić information content (AvgIpc) is 2.36. The third-order valence-electron chi connectivity index (χ3n) is 3.01. The molecule has 0 aliphatic carbocycles. The number of carbonyl (C=O) groups excluding carboxylic acids is 1. The van der Waals surface area contributed by atoms with E-state index >= 15 is 0 Å². The lowest BCUT2D eigenvalue weighted by Gasteiger charge is -2.29. The van der Waals surface area contributed by atoms with Gasteiger partial charge in [0, 0.05) is 26.2 Å². The van der Waals surface area contributed by atoms with E-state index in [1.807, 2.05) is 23.7 Å². The first kappa shape index (κ1) is 14.8. The van der Waals surface area contributed by atoms with Crippen LogP contribution in [0.5, 0.6) is 0 Å². The number of thioether (sulfide) groups is 1. The van der Waals surface area contributed by atoms with E-state index in [1.54, 1.807) is 0 Å². The van der Waals surface area contributed by atoms with Gasteiger partial charge in [-0.15, -0.1) is 0 Å². The van der Waals surface area contributed by atoms with E-state index in [1.165, 1.54) is 18.6 Å². The highest BCUT2D eigenvalue weighted by molar-refractivity contribution is 7.98. The monoisotopic (exact) mass is 259 g/mol. The van der Waals surface area contributed by atoms with Crippen LogP contribution in [0.2, 0.25) is 0 Å². The molecular formula is C12H25N3OS. The molecule has 1 N–H and O–H groups in total. The summed E-state index contributed by atoms with van der Waals surface area (Å²) < 4.78 is 0. The molecule has 1 heterocycles. The molecule has 4 nitrogen and oxygen atoms in total. The van der Waals surface area contributed by atoms with E-state index in [4.69, 9.17) is 0 Å². The molecular weight excluding hydrogens is 234 g/mol. The van der Waals surface area contributed by atoms with Crippen LogP contribution in [0, 0.1) is 0 Å².